The van der Waals surface area contributed by atoms with Crippen molar-refractivity contribution in [3.63, 3.8) is 0 Å². The van der Waals surface area contributed by atoms with E-state index in [4.69, 9.17) is 16.3 Å². The van der Waals surface area contributed by atoms with Crippen molar-refractivity contribution in [1.29, 1.82) is 0 Å². The Morgan fingerprint density at radius 3 is 2.60 bits per heavy atom. The number of thiazole rings is 1. The number of ether oxygens (including phenoxy) is 1. The summed E-state index contributed by atoms with van der Waals surface area (Å²) in [5.41, 5.74) is 2.09. The average Bonchev–Trinajstić information content (AvgIpc) is 3.18. The van der Waals surface area contributed by atoms with E-state index in [0.717, 1.165) is 35.6 Å². The van der Waals surface area contributed by atoms with Crippen LogP contribution in [-0.2, 0) is 4.74 Å². The number of carbonyl (C=O) groups is 1. The fourth-order valence-electron chi connectivity index (χ4n) is 2.87. The van der Waals surface area contributed by atoms with Crippen molar-refractivity contribution >= 4 is 46.0 Å². The molecule has 0 bridgehead atoms. The van der Waals surface area contributed by atoms with Crippen LogP contribution in [0.3, 0.4) is 0 Å². The van der Waals surface area contributed by atoms with Gasteiger partial charge in [0.1, 0.15) is 16.5 Å². The first kappa shape index (κ1) is 22.2. The highest BCUT2D eigenvalue weighted by Gasteiger charge is 2.17. The molecule has 3 aromatic rings. The van der Waals surface area contributed by atoms with Crippen LogP contribution < -0.4 is 5.56 Å². The Balaban J connectivity index is 1.80. The van der Waals surface area contributed by atoms with Gasteiger partial charge in [-0.05, 0) is 31.7 Å². The molecule has 158 valence electrons. The van der Waals surface area contributed by atoms with Crippen LogP contribution in [-0.4, -0.2) is 46.5 Å². The molecule has 0 aliphatic heterocycles. The summed E-state index contributed by atoms with van der Waals surface area (Å²) in [6.45, 7) is 8.89. The van der Waals surface area contributed by atoms with Gasteiger partial charge >= 0.3 is 5.97 Å². The number of aromatic nitrogens is 2. The second-order valence-corrected chi connectivity index (χ2v) is 8.16. The molecule has 30 heavy (non-hydrogen) atoms. The molecule has 2 aromatic heterocycles. The zero-order valence-electron chi connectivity index (χ0n) is 17.2. The van der Waals surface area contributed by atoms with Crippen molar-refractivity contribution in [2.45, 2.75) is 20.8 Å². The lowest BCUT2D eigenvalue weighted by Crippen LogP contribution is -2.27. The molecule has 1 aromatic carbocycles. The molecule has 0 saturated heterocycles. The van der Waals surface area contributed by atoms with Gasteiger partial charge in [-0.2, -0.15) is 0 Å². The lowest BCUT2D eigenvalue weighted by atomic mass is 10.1. The van der Waals surface area contributed by atoms with Crippen molar-refractivity contribution in [3.8, 4) is 0 Å². The Morgan fingerprint density at radius 1 is 1.23 bits per heavy atom. The second-order valence-electron chi connectivity index (χ2n) is 6.77. The number of fused-ring (bicyclic) bond motifs is 1. The van der Waals surface area contributed by atoms with Gasteiger partial charge in [0.25, 0.3) is 5.56 Å². The summed E-state index contributed by atoms with van der Waals surface area (Å²) in [7, 11) is 0. The first-order chi connectivity index (χ1) is 14.4. The highest BCUT2D eigenvalue weighted by molar-refractivity contribution is 7.18. The zero-order valence-corrected chi connectivity index (χ0v) is 18.8. The number of rotatable bonds is 8. The van der Waals surface area contributed by atoms with Crippen LogP contribution in [0.5, 0.6) is 0 Å². The topological polar surface area (TPSA) is 63.9 Å². The van der Waals surface area contributed by atoms with Gasteiger partial charge in [0.15, 0.2) is 4.96 Å². The van der Waals surface area contributed by atoms with E-state index in [2.05, 4.69) is 23.7 Å². The third-order valence-electron chi connectivity index (χ3n) is 4.75. The Bertz CT molecular complexity index is 1120. The number of hydrogen-bond donors (Lipinski definition) is 0. The van der Waals surface area contributed by atoms with E-state index < -0.39 is 11.5 Å². The highest BCUT2D eigenvalue weighted by Crippen LogP contribution is 2.20. The fourth-order valence-corrected chi connectivity index (χ4v) is 3.94. The number of nitrogens with zero attached hydrogens (tertiary/aromatic N) is 3. The van der Waals surface area contributed by atoms with Crippen LogP contribution in [0.4, 0.5) is 0 Å². The molecule has 3 rings (SSSR count). The molecule has 0 atom stereocenters. The largest absolute Gasteiger partial charge is 0.460 e. The minimum absolute atomic E-state index is 0.00936. The molecular weight excluding hydrogens is 422 g/mol. The molecule has 0 N–H and O–H groups in total. The Labute approximate surface area is 184 Å². The molecule has 0 amide bonds. The molecule has 0 unspecified atom stereocenters. The number of carbonyl (C=O) groups excluding carboxylic acids is 1. The molecular formula is C22H24ClN3O3S. The Morgan fingerprint density at radius 2 is 1.93 bits per heavy atom. The third-order valence-corrected chi connectivity index (χ3v) is 6.07. The van der Waals surface area contributed by atoms with E-state index in [0.29, 0.717) is 28.7 Å². The first-order valence-corrected chi connectivity index (χ1v) is 11.0. The standard InChI is InChI=1S/C22H24ClN3O3S/c1-4-25(5-2)12-13-29-21(28)18-14-26-20(27)19(23)17(24-22(26)30-18)11-10-16-8-6-15(3)7-9-16/h6-11,14H,4-5,12-13H2,1-3H3. The molecule has 0 aliphatic carbocycles. The molecule has 2 heterocycles. The lowest BCUT2D eigenvalue weighted by molar-refractivity contribution is 0.0471. The quantitative estimate of drug-likeness (QED) is 0.481. The smallest absolute Gasteiger partial charge is 0.350 e. The normalized spacial score (nSPS) is 11.6. The van der Waals surface area contributed by atoms with Gasteiger partial charge in [-0.15, -0.1) is 0 Å². The van der Waals surface area contributed by atoms with Gasteiger partial charge in [0, 0.05) is 12.7 Å². The van der Waals surface area contributed by atoms with Crippen LogP contribution in [0.2, 0.25) is 5.02 Å². The Hall–Kier alpha value is -2.48. The monoisotopic (exact) mass is 445 g/mol. The van der Waals surface area contributed by atoms with Crippen LogP contribution >= 0.6 is 22.9 Å². The van der Waals surface area contributed by atoms with E-state index in [-0.39, 0.29) is 5.02 Å². The molecule has 6 nitrogen and oxygen atoms in total. The van der Waals surface area contributed by atoms with E-state index in [9.17, 15) is 9.59 Å². The zero-order chi connectivity index (χ0) is 21.7. The van der Waals surface area contributed by atoms with Gasteiger partial charge in [0.2, 0.25) is 0 Å². The third kappa shape index (κ3) is 5.16. The number of likely N-dealkylation sites (N-methyl/N-ethyl adjacent to an activating group) is 1. The summed E-state index contributed by atoms with van der Waals surface area (Å²) in [6, 6.07) is 7.96. The fraction of sp³-hybridized carbons (Fsp3) is 0.318. The van der Waals surface area contributed by atoms with Crippen LogP contribution in [0.25, 0.3) is 17.1 Å². The van der Waals surface area contributed by atoms with E-state index in [1.54, 1.807) is 6.08 Å². The van der Waals surface area contributed by atoms with Crippen molar-refractivity contribution in [2.75, 3.05) is 26.2 Å². The summed E-state index contributed by atoms with van der Waals surface area (Å²) in [6.07, 6.45) is 4.99. The molecule has 0 fully saturated rings. The van der Waals surface area contributed by atoms with Crippen LogP contribution in [0.15, 0.2) is 35.3 Å². The average molecular weight is 446 g/mol. The maximum atomic E-state index is 12.6. The summed E-state index contributed by atoms with van der Waals surface area (Å²) >= 11 is 7.35. The predicted molar refractivity (Wildman–Crippen MR) is 123 cm³/mol. The van der Waals surface area contributed by atoms with E-state index in [1.807, 2.05) is 37.3 Å². The molecule has 0 saturated carbocycles. The van der Waals surface area contributed by atoms with Crippen molar-refractivity contribution in [2.24, 2.45) is 0 Å². The van der Waals surface area contributed by atoms with E-state index >= 15 is 0 Å². The van der Waals surface area contributed by atoms with Gasteiger partial charge in [-0.25, -0.2) is 9.78 Å². The lowest BCUT2D eigenvalue weighted by Gasteiger charge is -2.17. The van der Waals surface area contributed by atoms with Gasteiger partial charge < -0.3 is 9.64 Å². The maximum Gasteiger partial charge on any atom is 0.350 e. The number of halogens is 1. The summed E-state index contributed by atoms with van der Waals surface area (Å²) < 4.78 is 6.64. The number of hydrogen-bond acceptors (Lipinski definition) is 6. The first-order valence-electron chi connectivity index (χ1n) is 9.78. The van der Waals surface area contributed by atoms with Crippen LogP contribution in [0, 0.1) is 6.92 Å². The Kier molecular flexibility index (Phi) is 7.42. The predicted octanol–water partition coefficient (Wildman–Crippen LogP) is 4.39. The number of aryl methyl sites for hydroxylation is 1. The van der Waals surface area contributed by atoms with Gasteiger partial charge in [0.05, 0.1) is 5.69 Å². The minimum atomic E-state index is -0.468. The molecule has 0 spiro atoms. The van der Waals surface area contributed by atoms with Crippen molar-refractivity contribution < 1.29 is 9.53 Å². The summed E-state index contributed by atoms with van der Waals surface area (Å²) in [5.74, 6) is -0.468. The second kappa shape index (κ2) is 10.0. The molecule has 0 radical (unpaired) electrons. The van der Waals surface area contributed by atoms with Gasteiger partial charge in [-0.1, -0.05) is 72.7 Å². The number of benzene rings is 1. The van der Waals surface area contributed by atoms with Crippen LogP contribution in [0.1, 0.15) is 40.3 Å². The number of esters is 1. The van der Waals surface area contributed by atoms with Crippen molar-refractivity contribution in [1.82, 2.24) is 14.3 Å². The summed E-state index contributed by atoms with van der Waals surface area (Å²) in [5, 5.41) is 0.00936. The summed E-state index contributed by atoms with van der Waals surface area (Å²) in [4.78, 5) is 32.3. The SMILES string of the molecule is CCN(CC)CCOC(=O)c1cn2c(=O)c(Cl)c(C=Cc3ccc(C)cc3)nc2s1. The maximum absolute atomic E-state index is 12.6. The van der Waals surface area contributed by atoms with Crippen molar-refractivity contribution in [3.05, 3.63) is 67.5 Å². The molecule has 8 heteroatoms. The van der Waals surface area contributed by atoms with Gasteiger partial charge in [-0.3, -0.25) is 9.20 Å². The van der Waals surface area contributed by atoms with E-state index in [1.165, 1.54) is 10.6 Å². The molecule has 0 aliphatic rings. The highest BCUT2D eigenvalue weighted by atomic mass is 35.5. The minimum Gasteiger partial charge on any atom is -0.460 e.